The first-order chi connectivity index (χ1) is 13.0. The van der Waals surface area contributed by atoms with E-state index in [4.69, 9.17) is 4.74 Å². The number of guanidine groups is 1. The van der Waals surface area contributed by atoms with Crippen molar-refractivity contribution in [1.82, 2.24) is 25.3 Å². The molecule has 152 valence electrons. The zero-order valence-electron chi connectivity index (χ0n) is 17.3. The van der Waals surface area contributed by atoms with Gasteiger partial charge in [-0.05, 0) is 32.6 Å². The number of nitrogens with one attached hydrogen (secondary N) is 2. The van der Waals surface area contributed by atoms with Gasteiger partial charge in [-0.15, -0.1) is 0 Å². The molecule has 0 unspecified atom stereocenters. The SMILES string of the molecule is CCOC(=O)N1CCC(NC(=NC)NCc2c(CC)nn(C)c2CC)CC1. The quantitative estimate of drug-likeness (QED) is 0.583. The third kappa shape index (κ3) is 5.37. The van der Waals surface area contributed by atoms with E-state index < -0.39 is 0 Å². The molecule has 1 aromatic rings. The summed E-state index contributed by atoms with van der Waals surface area (Å²) in [6.45, 7) is 8.66. The molecule has 2 heterocycles. The molecule has 8 heteroatoms. The normalized spacial score (nSPS) is 15.7. The van der Waals surface area contributed by atoms with Gasteiger partial charge < -0.3 is 20.3 Å². The van der Waals surface area contributed by atoms with Crippen LogP contribution in [0.15, 0.2) is 4.99 Å². The van der Waals surface area contributed by atoms with Crippen molar-refractivity contribution in [3.05, 3.63) is 17.0 Å². The number of aryl methyl sites for hydroxylation is 2. The summed E-state index contributed by atoms with van der Waals surface area (Å²) in [6.07, 6.45) is 3.43. The van der Waals surface area contributed by atoms with Gasteiger partial charge in [0.2, 0.25) is 0 Å². The predicted molar refractivity (Wildman–Crippen MR) is 107 cm³/mol. The first kappa shape index (κ1) is 21.1. The van der Waals surface area contributed by atoms with Crippen molar-refractivity contribution in [2.45, 2.75) is 59.0 Å². The zero-order valence-corrected chi connectivity index (χ0v) is 17.3. The van der Waals surface area contributed by atoms with Crippen LogP contribution in [-0.4, -0.2) is 59.5 Å². The Hall–Kier alpha value is -2.25. The summed E-state index contributed by atoms with van der Waals surface area (Å²) in [4.78, 5) is 17.9. The first-order valence-corrected chi connectivity index (χ1v) is 9.96. The van der Waals surface area contributed by atoms with E-state index in [1.807, 2.05) is 18.7 Å². The highest BCUT2D eigenvalue weighted by atomic mass is 16.6. The number of aliphatic imine (C=N–C) groups is 1. The molecule has 2 N–H and O–H groups in total. The van der Waals surface area contributed by atoms with Crippen LogP contribution in [0.1, 0.15) is 50.6 Å². The third-order valence-corrected chi connectivity index (χ3v) is 5.05. The van der Waals surface area contributed by atoms with E-state index >= 15 is 0 Å². The van der Waals surface area contributed by atoms with Crippen molar-refractivity contribution < 1.29 is 9.53 Å². The maximum absolute atomic E-state index is 11.8. The van der Waals surface area contributed by atoms with Gasteiger partial charge in [0.1, 0.15) is 0 Å². The summed E-state index contributed by atoms with van der Waals surface area (Å²) in [7, 11) is 3.79. The van der Waals surface area contributed by atoms with Gasteiger partial charge in [-0.1, -0.05) is 13.8 Å². The Kier molecular flexibility index (Phi) is 7.94. The van der Waals surface area contributed by atoms with Gasteiger partial charge in [0.25, 0.3) is 0 Å². The Morgan fingerprint density at radius 2 is 1.96 bits per heavy atom. The summed E-state index contributed by atoms with van der Waals surface area (Å²) in [6, 6.07) is 0.298. The molecule has 0 spiro atoms. The Morgan fingerprint density at radius 3 is 2.52 bits per heavy atom. The number of piperidine rings is 1. The molecule has 2 rings (SSSR count). The van der Waals surface area contributed by atoms with E-state index in [9.17, 15) is 4.79 Å². The highest BCUT2D eigenvalue weighted by Crippen LogP contribution is 2.15. The summed E-state index contributed by atoms with van der Waals surface area (Å²) >= 11 is 0. The fourth-order valence-electron chi connectivity index (χ4n) is 3.58. The molecule has 1 amide bonds. The molecular formula is C19H34N6O2. The lowest BCUT2D eigenvalue weighted by molar-refractivity contribution is 0.0963. The second kappa shape index (κ2) is 10.2. The van der Waals surface area contributed by atoms with Crippen molar-refractivity contribution in [2.75, 3.05) is 26.7 Å². The summed E-state index contributed by atoms with van der Waals surface area (Å²) in [5.74, 6) is 0.789. The molecule has 0 aromatic carbocycles. The van der Waals surface area contributed by atoms with Gasteiger partial charge in [-0.3, -0.25) is 9.67 Å². The second-order valence-corrected chi connectivity index (χ2v) is 6.73. The smallest absolute Gasteiger partial charge is 0.409 e. The van der Waals surface area contributed by atoms with E-state index in [1.54, 1.807) is 11.9 Å². The lowest BCUT2D eigenvalue weighted by atomic mass is 10.1. The molecule has 8 nitrogen and oxygen atoms in total. The number of ether oxygens (including phenoxy) is 1. The largest absolute Gasteiger partial charge is 0.450 e. The molecule has 27 heavy (non-hydrogen) atoms. The summed E-state index contributed by atoms with van der Waals surface area (Å²) < 4.78 is 7.06. The van der Waals surface area contributed by atoms with Gasteiger partial charge >= 0.3 is 6.09 Å². The molecule has 1 aliphatic heterocycles. The number of likely N-dealkylation sites (tertiary alicyclic amines) is 1. The third-order valence-electron chi connectivity index (χ3n) is 5.05. The Balaban J connectivity index is 1.88. The van der Waals surface area contributed by atoms with Crippen LogP contribution < -0.4 is 10.6 Å². The molecule has 1 aliphatic rings. The van der Waals surface area contributed by atoms with Crippen LogP contribution in [0, 0.1) is 0 Å². The Morgan fingerprint density at radius 1 is 1.26 bits per heavy atom. The minimum Gasteiger partial charge on any atom is -0.450 e. The van der Waals surface area contributed by atoms with Gasteiger partial charge in [-0.25, -0.2) is 4.79 Å². The summed E-state index contributed by atoms with van der Waals surface area (Å²) in [5.41, 5.74) is 3.67. The van der Waals surface area contributed by atoms with Gasteiger partial charge in [0.15, 0.2) is 5.96 Å². The minimum atomic E-state index is -0.214. The molecule has 0 radical (unpaired) electrons. The number of amides is 1. The van der Waals surface area contributed by atoms with E-state index in [-0.39, 0.29) is 6.09 Å². The number of carbonyl (C=O) groups excluding carboxylic acids is 1. The topological polar surface area (TPSA) is 83.8 Å². The molecule has 0 atom stereocenters. The molecule has 0 bridgehead atoms. The average molecular weight is 379 g/mol. The second-order valence-electron chi connectivity index (χ2n) is 6.73. The predicted octanol–water partition coefficient (Wildman–Crippen LogP) is 1.83. The lowest BCUT2D eigenvalue weighted by Crippen LogP contribution is -2.49. The van der Waals surface area contributed by atoms with E-state index in [0.29, 0.717) is 32.3 Å². The Bertz CT molecular complexity index is 647. The zero-order chi connectivity index (χ0) is 19.8. The van der Waals surface area contributed by atoms with Crippen LogP contribution in [0.4, 0.5) is 4.79 Å². The van der Waals surface area contributed by atoms with E-state index in [0.717, 1.165) is 37.3 Å². The molecular weight excluding hydrogens is 344 g/mol. The maximum atomic E-state index is 11.8. The van der Waals surface area contributed by atoms with E-state index in [2.05, 4.69) is 34.6 Å². The van der Waals surface area contributed by atoms with Crippen LogP contribution >= 0.6 is 0 Å². The van der Waals surface area contributed by atoms with E-state index in [1.165, 1.54) is 11.3 Å². The number of rotatable bonds is 6. The highest BCUT2D eigenvalue weighted by molar-refractivity contribution is 5.80. The number of hydrogen-bond acceptors (Lipinski definition) is 4. The van der Waals surface area contributed by atoms with Crippen molar-refractivity contribution >= 4 is 12.1 Å². The van der Waals surface area contributed by atoms with Crippen LogP contribution in [0.3, 0.4) is 0 Å². The van der Waals surface area contributed by atoms with Crippen molar-refractivity contribution in [3.63, 3.8) is 0 Å². The fourth-order valence-corrected chi connectivity index (χ4v) is 3.58. The average Bonchev–Trinajstić information content (AvgIpc) is 3.00. The number of carbonyl (C=O) groups is 1. The van der Waals surface area contributed by atoms with Crippen molar-refractivity contribution in [1.29, 1.82) is 0 Å². The standard InChI is InChI=1S/C19H34N6O2/c1-6-16-15(17(7-2)24(5)23-16)13-21-18(20-4)22-14-9-11-25(12-10-14)19(26)27-8-3/h14H,6-13H2,1-5H3,(H2,20,21,22). The Labute approximate surface area is 162 Å². The van der Waals surface area contributed by atoms with Crippen molar-refractivity contribution in [2.24, 2.45) is 12.0 Å². The van der Waals surface area contributed by atoms with Gasteiger partial charge in [-0.2, -0.15) is 5.10 Å². The molecule has 0 saturated carbocycles. The van der Waals surface area contributed by atoms with Crippen LogP contribution in [0.2, 0.25) is 0 Å². The molecule has 1 fully saturated rings. The number of aromatic nitrogens is 2. The van der Waals surface area contributed by atoms with Gasteiger partial charge in [0.05, 0.1) is 12.3 Å². The molecule has 0 aliphatic carbocycles. The first-order valence-electron chi connectivity index (χ1n) is 9.96. The minimum absolute atomic E-state index is 0.214. The maximum Gasteiger partial charge on any atom is 0.409 e. The molecule has 1 saturated heterocycles. The van der Waals surface area contributed by atoms with Crippen LogP contribution in [0.25, 0.3) is 0 Å². The van der Waals surface area contributed by atoms with Crippen molar-refractivity contribution in [3.8, 4) is 0 Å². The number of hydrogen-bond donors (Lipinski definition) is 2. The lowest BCUT2D eigenvalue weighted by Gasteiger charge is -2.32. The monoisotopic (exact) mass is 378 g/mol. The van der Waals surface area contributed by atoms with Crippen LogP contribution in [-0.2, 0) is 31.2 Å². The number of nitrogens with zero attached hydrogens (tertiary/aromatic N) is 4. The van der Waals surface area contributed by atoms with Crippen LogP contribution in [0.5, 0.6) is 0 Å². The molecule has 1 aromatic heterocycles. The summed E-state index contributed by atoms with van der Waals surface area (Å²) in [5, 5.41) is 11.5. The highest BCUT2D eigenvalue weighted by Gasteiger charge is 2.24. The fraction of sp³-hybridized carbons (Fsp3) is 0.737. The van der Waals surface area contributed by atoms with Gasteiger partial charge in [0, 0.05) is 51.0 Å².